The van der Waals surface area contributed by atoms with Gasteiger partial charge in [0.05, 0.1) is 17.7 Å². The van der Waals surface area contributed by atoms with Gasteiger partial charge in [-0.25, -0.2) is 0 Å². The first-order valence-electron chi connectivity index (χ1n) is 6.88. The summed E-state index contributed by atoms with van der Waals surface area (Å²) >= 11 is 0. The van der Waals surface area contributed by atoms with Crippen LogP contribution in [0.5, 0.6) is 0 Å². The highest BCUT2D eigenvalue weighted by Crippen LogP contribution is 2.34. The molecule has 0 aromatic carbocycles. The quantitative estimate of drug-likeness (QED) is 0.912. The molecule has 0 saturated carbocycles. The summed E-state index contributed by atoms with van der Waals surface area (Å²) in [5, 5.41) is 12.9. The Balaban J connectivity index is 2.14. The fourth-order valence-corrected chi connectivity index (χ4v) is 2.56. The van der Waals surface area contributed by atoms with E-state index < -0.39 is 17.8 Å². The molecule has 1 aromatic heterocycles. The second-order valence-electron chi connectivity index (χ2n) is 5.48. The fraction of sp³-hybridized carbons (Fsp3) is 0.643. The number of aromatic nitrogens is 1. The van der Waals surface area contributed by atoms with Gasteiger partial charge in [-0.05, 0) is 19.8 Å². The Bertz CT molecular complexity index is 511. The van der Waals surface area contributed by atoms with E-state index in [-0.39, 0.29) is 11.9 Å². The second-order valence-corrected chi connectivity index (χ2v) is 5.48. The van der Waals surface area contributed by atoms with Crippen LogP contribution < -0.4 is 0 Å². The number of carboxylic acid groups (broad SMARTS) is 1. The van der Waals surface area contributed by atoms with Crippen LogP contribution in [0.1, 0.15) is 44.2 Å². The molecule has 110 valence electrons. The summed E-state index contributed by atoms with van der Waals surface area (Å²) in [5.41, 5.74) is 0.784. The minimum absolute atomic E-state index is 0.118. The zero-order valence-electron chi connectivity index (χ0n) is 12.0. The van der Waals surface area contributed by atoms with Crippen molar-refractivity contribution in [2.75, 3.05) is 6.54 Å². The average molecular weight is 280 g/mol. The van der Waals surface area contributed by atoms with Crippen molar-refractivity contribution in [2.45, 2.75) is 39.7 Å². The largest absolute Gasteiger partial charge is 0.481 e. The Morgan fingerprint density at radius 2 is 2.15 bits per heavy atom. The monoisotopic (exact) mass is 280 g/mol. The Hall–Kier alpha value is -1.85. The maximum Gasteiger partial charge on any atom is 0.307 e. The molecule has 0 aliphatic carbocycles. The molecule has 3 atom stereocenters. The van der Waals surface area contributed by atoms with Crippen LogP contribution in [0.15, 0.2) is 10.6 Å². The molecular weight excluding hydrogens is 260 g/mol. The third kappa shape index (κ3) is 2.69. The summed E-state index contributed by atoms with van der Waals surface area (Å²) in [4.78, 5) is 25.2. The van der Waals surface area contributed by atoms with Crippen molar-refractivity contribution in [3.05, 3.63) is 17.5 Å². The van der Waals surface area contributed by atoms with E-state index in [9.17, 15) is 9.59 Å². The minimum Gasteiger partial charge on any atom is -0.481 e. The smallest absolute Gasteiger partial charge is 0.307 e. The molecule has 1 aliphatic heterocycles. The molecule has 6 heteroatoms. The Labute approximate surface area is 117 Å². The molecular formula is C14H20N2O4. The van der Waals surface area contributed by atoms with Gasteiger partial charge < -0.3 is 14.5 Å². The van der Waals surface area contributed by atoms with E-state index in [0.717, 1.165) is 18.5 Å². The maximum absolute atomic E-state index is 12.5. The number of hydrogen-bond donors (Lipinski definition) is 1. The van der Waals surface area contributed by atoms with Gasteiger partial charge in [-0.1, -0.05) is 19.0 Å². The topological polar surface area (TPSA) is 83.6 Å². The van der Waals surface area contributed by atoms with Gasteiger partial charge in [0.1, 0.15) is 0 Å². The molecule has 1 fully saturated rings. The van der Waals surface area contributed by atoms with Crippen molar-refractivity contribution >= 4 is 11.9 Å². The second kappa shape index (κ2) is 5.64. The summed E-state index contributed by atoms with van der Waals surface area (Å²) < 4.78 is 5.26. The van der Waals surface area contributed by atoms with Gasteiger partial charge in [0.15, 0.2) is 5.76 Å². The molecule has 0 bridgehead atoms. The Kier molecular flexibility index (Phi) is 4.11. The lowest BCUT2D eigenvalue weighted by Crippen LogP contribution is -2.38. The van der Waals surface area contributed by atoms with E-state index in [2.05, 4.69) is 5.16 Å². The lowest BCUT2D eigenvalue weighted by atomic mass is 9.94. The molecule has 1 saturated heterocycles. The van der Waals surface area contributed by atoms with Crippen molar-refractivity contribution in [1.29, 1.82) is 0 Å². The van der Waals surface area contributed by atoms with E-state index in [4.69, 9.17) is 9.63 Å². The average Bonchev–Trinajstić information content (AvgIpc) is 3.03. The standard InChI is InChI=1S/C14H20N2O4/c1-8-7-12(20-15-8)11-5-4-6-16(11)13(17)9(2)10(3)14(18)19/h7,9-11H,4-6H2,1-3H3,(H,18,19). The predicted octanol–water partition coefficient (Wildman–Crippen LogP) is 2.00. The van der Waals surface area contributed by atoms with Crippen molar-refractivity contribution < 1.29 is 19.2 Å². The number of amides is 1. The zero-order chi connectivity index (χ0) is 14.9. The summed E-state index contributed by atoms with van der Waals surface area (Å²) in [7, 11) is 0. The third-order valence-electron chi connectivity index (χ3n) is 4.04. The first-order chi connectivity index (χ1) is 9.41. The highest BCUT2D eigenvalue weighted by molar-refractivity contribution is 5.84. The number of hydrogen-bond acceptors (Lipinski definition) is 4. The van der Waals surface area contributed by atoms with Crippen LogP contribution in [0.2, 0.25) is 0 Å². The van der Waals surface area contributed by atoms with Gasteiger partial charge in [-0.2, -0.15) is 0 Å². The Morgan fingerprint density at radius 1 is 1.45 bits per heavy atom. The molecule has 1 aromatic rings. The number of likely N-dealkylation sites (tertiary alicyclic amines) is 1. The SMILES string of the molecule is Cc1cc(C2CCCN2C(=O)C(C)C(C)C(=O)O)on1. The molecule has 1 N–H and O–H groups in total. The van der Waals surface area contributed by atoms with Crippen molar-refractivity contribution in [3.63, 3.8) is 0 Å². The molecule has 2 heterocycles. The molecule has 3 unspecified atom stereocenters. The number of carbonyl (C=O) groups is 2. The summed E-state index contributed by atoms with van der Waals surface area (Å²) in [5.74, 6) is -1.63. The highest BCUT2D eigenvalue weighted by Gasteiger charge is 2.37. The third-order valence-corrected chi connectivity index (χ3v) is 4.04. The normalized spacial score (nSPS) is 21.8. The van der Waals surface area contributed by atoms with Crippen molar-refractivity contribution in [3.8, 4) is 0 Å². The first kappa shape index (κ1) is 14.6. The summed E-state index contributed by atoms with van der Waals surface area (Å²) in [6.07, 6.45) is 1.72. The van der Waals surface area contributed by atoms with Gasteiger partial charge in [0.2, 0.25) is 5.91 Å². The number of carbonyl (C=O) groups excluding carboxylic acids is 1. The number of rotatable bonds is 4. The van der Waals surface area contributed by atoms with E-state index in [1.54, 1.807) is 18.7 Å². The van der Waals surface area contributed by atoms with Crippen LogP contribution in [0.3, 0.4) is 0 Å². The molecule has 20 heavy (non-hydrogen) atoms. The van der Waals surface area contributed by atoms with E-state index in [1.165, 1.54) is 0 Å². The lowest BCUT2D eigenvalue weighted by molar-refractivity contribution is -0.149. The first-order valence-corrected chi connectivity index (χ1v) is 6.88. The number of carboxylic acids is 1. The highest BCUT2D eigenvalue weighted by atomic mass is 16.5. The van der Waals surface area contributed by atoms with Gasteiger partial charge in [-0.15, -0.1) is 0 Å². The molecule has 0 spiro atoms. The van der Waals surface area contributed by atoms with E-state index >= 15 is 0 Å². The van der Waals surface area contributed by atoms with E-state index in [1.807, 2.05) is 13.0 Å². The molecule has 2 rings (SSSR count). The fourth-order valence-electron chi connectivity index (χ4n) is 2.56. The molecule has 6 nitrogen and oxygen atoms in total. The Morgan fingerprint density at radius 3 is 2.70 bits per heavy atom. The zero-order valence-corrected chi connectivity index (χ0v) is 12.0. The number of nitrogens with zero attached hydrogens (tertiary/aromatic N) is 2. The minimum atomic E-state index is -0.947. The van der Waals surface area contributed by atoms with Crippen LogP contribution in [-0.2, 0) is 9.59 Å². The number of aryl methyl sites for hydroxylation is 1. The summed E-state index contributed by atoms with van der Waals surface area (Å²) in [6.45, 7) is 5.71. The van der Waals surface area contributed by atoms with Crippen LogP contribution in [-0.4, -0.2) is 33.6 Å². The van der Waals surface area contributed by atoms with Gasteiger partial charge >= 0.3 is 5.97 Å². The van der Waals surface area contributed by atoms with Gasteiger partial charge in [0.25, 0.3) is 0 Å². The summed E-state index contributed by atoms with van der Waals surface area (Å²) in [6, 6.07) is 1.72. The van der Waals surface area contributed by atoms with Crippen LogP contribution >= 0.6 is 0 Å². The maximum atomic E-state index is 12.5. The molecule has 0 radical (unpaired) electrons. The van der Waals surface area contributed by atoms with Crippen LogP contribution in [0.25, 0.3) is 0 Å². The van der Waals surface area contributed by atoms with Crippen LogP contribution in [0, 0.1) is 18.8 Å². The van der Waals surface area contributed by atoms with Gasteiger partial charge in [-0.3, -0.25) is 9.59 Å². The number of aliphatic carboxylic acids is 1. The molecule has 1 aliphatic rings. The van der Waals surface area contributed by atoms with Crippen LogP contribution in [0.4, 0.5) is 0 Å². The lowest BCUT2D eigenvalue weighted by Gasteiger charge is -2.27. The van der Waals surface area contributed by atoms with Crippen molar-refractivity contribution in [2.24, 2.45) is 11.8 Å². The predicted molar refractivity (Wildman–Crippen MR) is 70.9 cm³/mol. The molecule has 1 amide bonds. The van der Waals surface area contributed by atoms with Crippen molar-refractivity contribution in [1.82, 2.24) is 10.1 Å². The van der Waals surface area contributed by atoms with Gasteiger partial charge in [0, 0.05) is 18.5 Å². The van der Waals surface area contributed by atoms with E-state index in [0.29, 0.717) is 12.3 Å².